The average molecular weight is 650 g/mol. The van der Waals surface area contributed by atoms with Crippen molar-refractivity contribution in [3.63, 3.8) is 0 Å². The minimum Gasteiger partial charge on any atom is -0.485 e. The van der Waals surface area contributed by atoms with Crippen LogP contribution >= 0.6 is 11.8 Å². The number of ether oxygens (including phenoxy) is 2. The average Bonchev–Trinajstić information content (AvgIpc) is 2.99. The van der Waals surface area contributed by atoms with Crippen LogP contribution in [0.3, 0.4) is 0 Å². The molecular weight excluding hydrogens is 602 g/mol. The number of carbonyl (C=O) groups is 3. The van der Waals surface area contributed by atoms with E-state index in [4.69, 9.17) is 20.0 Å². The number of alkyl carbamates (subject to hydrolysis) is 1. The smallest absolute Gasteiger partial charge is 0.408 e. The Bertz CT molecular complexity index is 1140. The molecule has 2 rings (SSSR count). The maximum absolute atomic E-state index is 13.6. The lowest BCUT2D eigenvalue weighted by Gasteiger charge is -2.25. The van der Waals surface area contributed by atoms with Crippen molar-refractivity contribution in [1.82, 2.24) is 16.0 Å². The number of benzene rings is 2. The summed E-state index contributed by atoms with van der Waals surface area (Å²) < 4.78 is 11.0. The van der Waals surface area contributed by atoms with Gasteiger partial charge in [0.15, 0.2) is 6.10 Å². The van der Waals surface area contributed by atoms with E-state index in [1.54, 1.807) is 45.0 Å². The van der Waals surface area contributed by atoms with Gasteiger partial charge in [0.25, 0.3) is 0 Å². The molecule has 0 spiro atoms. The zero-order valence-corrected chi connectivity index (χ0v) is 27.3. The molecule has 0 bridgehead atoms. The maximum Gasteiger partial charge on any atom is 0.408 e. The standard InChI is InChI=1S/C32H47N3O9S/c1-5-6-10-17-33-29(36)27(18-23-13-15-25(16-14-23)43-26(19-41-39)20-42-40)34-30(37)28(35-31(38)44-32(2,3)4)22-45-21-24-11-8-7-9-12-24/h7-9,11-16,26-28,39-40H,5-6,10,17-22H2,1-4H3,(H,33,36)(H,34,37)(H,35,38). The number of carbonyl (C=O) groups excluding carboxylic acids is 3. The number of rotatable bonds is 20. The summed E-state index contributed by atoms with van der Waals surface area (Å²) in [5.41, 5.74) is 1.06. The lowest BCUT2D eigenvalue weighted by atomic mass is 10.0. The van der Waals surface area contributed by atoms with Gasteiger partial charge in [0.05, 0.1) is 0 Å². The summed E-state index contributed by atoms with van der Waals surface area (Å²) in [7, 11) is 0. The van der Waals surface area contributed by atoms with Gasteiger partial charge >= 0.3 is 6.09 Å². The molecule has 0 aromatic heterocycles. The fourth-order valence-electron chi connectivity index (χ4n) is 4.11. The van der Waals surface area contributed by atoms with Gasteiger partial charge in [0.2, 0.25) is 11.8 Å². The molecule has 2 unspecified atom stereocenters. The van der Waals surface area contributed by atoms with E-state index in [2.05, 4.69) is 32.6 Å². The number of unbranched alkanes of at least 4 members (excludes halogenated alkanes) is 2. The Balaban J connectivity index is 2.18. The van der Waals surface area contributed by atoms with Crippen LogP contribution in [0.5, 0.6) is 5.75 Å². The van der Waals surface area contributed by atoms with Crippen molar-refractivity contribution >= 4 is 29.7 Å². The van der Waals surface area contributed by atoms with Crippen molar-refractivity contribution in [3.05, 3.63) is 65.7 Å². The highest BCUT2D eigenvalue weighted by Crippen LogP contribution is 2.17. The second-order valence-electron chi connectivity index (χ2n) is 11.4. The molecular formula is C32H47N3O9S. The maximum atomic E-state index is 13.6. The van der Waals surface area contributed by atoms with Crippen molar-refractivity contribution in [2.45, 2.75) is 82.9 Å². The molecule has 2 aromatic rings. The Morgan fingerprint density at radius 1 is 0.844 bits per heavy atom. The molecule has 2 atom stereocenters. The Morgan fingerprint density at radius 3 is 2.11 bits per heavy atom. The Labute approximate surface area is 269 Å². The molecule has 250 valence electrons. The van der Waals surface area contributed by atoms with Gasteiger partial charge in [-0.1, -0.05) is 62.2 Å². The first-order valence-electron chi connectivity index (χ1n) is 15.0. The SMILES string of the molecule is CCCCCNC(=O)C(Cc1ccc(OC(COO)COO)cc1)NC(=O)C(CSCc1ccccc1)NC(=O)OC(C)(C)C. The molecule has 13 heteroatoms. The summed E-state index contributed by atoms with van der Waals surface area (Å²) in [6, 6.07) is 14.7. The van der Waals surface area contributed by atoms with Gasteiger partial charge in [-0.25, -0.2) is 14.6 Å². The summed E-state index contributed by atoms with van der Waals surface area (Å²) in [5, 5.41) is 25.9. The lowest BCUT2D eigenvalue weighted by molar-refractivity contribution is -0.286. The van der Waals surface area contributed by atoms with Crippen molar-refractivity contribution in [1.29, 1.82) is 0 Å². The zero-order valence-electron chi connectivity index (χ0n) is 26.5. The van der Waals surface area contributed by atoms with Gasteiger partial charge in [-0.3, -0.25) is 20.1 Å². The van der Waals surface area contributed by atoms with Gasteiger partial charge in [-0.15, -0.1) is 0 Å². The third kappa shape index (κ3) is 16.0. The summed E-state index contributed by atoms with van der Waals surface area (Å²) in [4.78, 5) is 47.7. The van der Waals surface area contributed by atoms with Crippen molar-refractivity contribution in [2.75, 3.05) is 25.5 Å². The predicted octanol–water partition coefficient (Wildman–Crippen LogP) is 4.57. The van der Waals surface area contributed by atoms with E-state index in [0.29, 0.717) is 18.0 Å². The van der Waals surface area contributed by atoms with Gasteiger partial charge in [-0.2, -0.15) is 11.8 Å². The van der Waals surface area contributed by atoms with E-state index in [9.17, 15) is 14.4 Å². The molecule has 12 nitrogen and oxygen atoms in total. The molecule has 2 aromatic carbocycles. The monoisotopic (exact) mass is 649 g/mol. The summed E-state index contributed by atoms with van der Waals surface area (Å²) in [5.74, 6) is 0.456. The van der Waals surface area contributed by atoms with Crippen LogP contribution in [0.15, 0.2) is 54.6 Å². The molecule has 0 aliphatic heterocycles. The van der Waals surface area contributed by atoms with Crippen LogP contribution in [-0.4, -0.2) is 77.7 Å². The molecule has 0 saturated carbocycles. The Morgan fingerprint density at radius 2 is 1.51 bits per heavy atom. The lowest BCUT2D eigenvalue weighted by Crippen LogP contribution is -2.55. The summed E-state index contributed by atoms with van der Waals surface area (Å²) in [6.07, 6.45) is 1.45. The number of thioether (sulfide) groups is 1. The fourth-order valence-corrected chi connectivity index (χ4v) is 5.12. The molecule has 0 saturated heterocycles. The highest BCUT2D eigenvalue weighted by Gasteiger charge is 2.29. The summed E-state index contributed by atoms with van der Waals surface area (Å²) in [6.45, 7) is 7.31. The molecule has 3 amide bonds. The van der Waals surface area contributed by atoms with E-state index in [-0.39, 0.29) is 31.3 Å². The van der Waals surface area contributed by atoms with Gasteiger partial charge in [0.1, 0.15) is 36.6 Å². The van der Waals surface area contributed by atoms with E-state index in [0.717, 1.165) is 30.4 Å². The van der Waals surface area contributed by atoms with Crippen LogP contribution in [0.4, 0.5) is 4.79 Å². The van der Waals surface area contributed by atoms with E-state index in [1.807, 2.05) is 30.3 Å². The van der Waals surface area contributed by atoms with Crippen LogP contribution in [-0.2, 0) is 36.3 Å². The Kier molecular flexibility index (Phi) is 17.3. The van der Waals surface area contributed by atoms with E-state index >= 15 is 0 Å². The largest absolute Gasteiger partial charge is 0.485 e. The van der Waals surface area contributed by atoms with Crippen molar-refractivity contribution < 1.29 is 44.1 Å². The molecule has 0 fully saturated rings. The molecule has 0 heterocycles. The summed E-state index contributed by atoms with van der Waals surface area (Å²) >= 11 is 1.48. The second kappa shape index (κ2) is 20.6. The highest BCUT2D eigenvalue weighted by atomic mass is 32.2. The van der Waals surface area contributed by atoms with E-state index in [1.165, 1.54) is 11.8 Å². The third-order valence-corrected chi connectivity index (χ3v) is 7.41. The van der Waals surface area contributed by atoms with Crippen LogP contribution in [0.1, 0.15) is 58.1 Å². The van der Waals surface area contributed by atoms with Crippen LogP contribution in [0.25, 0.3) is 0 Å². The first kappa shape index (κ1) is 37.8. The quantitative estimate of drug-likeness (QED) is 0.0780. The molecule has 5 N–H and O–H groups in total. The molecule has 0 aliphatic carbocycles. The van der Waals surface area contributed by atoms with Gasteiger partial charge in [0, 0.05) is 24.5 Å². The van der Waals surface area contributed by atoms with Crippen LogP contribution in [0.2, 0.25) is 0 Å². The number of hydrogen-bond acceptors (Lipinski definition) is 10. The molecule has 0 aliphatic rings. The van der Waals surface area contributed by atoms with Crippen LogP contribution < -0.4 is 20.7 Å². The predicted molar refractivity (Wildman–Crippen MR) is 172 cm³/mol. The topological polar surface area (TPSA) is 165 Å². The first-order chi connectivity index (χ1) is 21.5. The minimum atomic E-state index is -0.959. The van der Waals surface area contributed by atoms with Crippen molar-refractivity contribution in [3.8, 4) is 5.75 Å². The number of amides is 3. The minimum absolute atomic E-state index is 0.172. The molecule has 0 radical (unpaired) electrons. The normalized spacial score (nSPS) is 12.7. The Hall–Kier alpha value is -3.36. The fraction of sp³-hybridized carbons (Fsp3) is 0.531. The number of hydrogen-bond donors (Lipinski definition) is 5. The van der Waals surface area contributed by atoms with E-state index < -0.39 is 35.8 Å². The second-order valence-corrected chi connectivity index (χ2v) is 12.5. The van der Waals surface area contributed by atoms with Crippen LogP contribution in [0, 0.1) is 0 Å². The highest BCUT2D eigenvalue weighted by molar-refractivity contribution is 7.98. The van der Waals surface area contributed by atoms with Gasteiger partial charge < -0.3 is 25.4 Å². The van der Waals surface area contributed by atoms with Crippen molar-refractivity contribution in [2.24, 2.45) is 0 Å². The number of nitrogens with one attached hydrogen (secondary N) is 3. The first-order valence-corrected chi connectivity index (χ1v) is 16.2. The van der Waals surface area contributed by atoms with Gasteiger partial charge in [-0.05, 0) is 50.5 Å². The third-order valence-electron chi connectivity index (χ3n) is 6.30. The zero-order chi connectivity index (χ0) is 33.1. The molecule has 45 heavy (non-hydrogen) atoms.